The van der Waals surface area contributed by atoms with Crippen molar-refractivity contribution in [2.75, 3.05) is 27.2 Å². The highest BCUT2D eigenvalue weighted by Gasteiger charge is 2.42. The lowest BCUT2D eigenvalue weighted by molar-refractivity contribution is 0.233. The van der Waals surface area contributed by atoms with E-state index in [1.54, 1.807) is 0 Å². The molecule has 1 aromatic rings. The minimum atomic E-state index is 0.709. The topological polar surface area (TPSA) is 30.3 Å². The molecule has 20 heavy (non-hydrogen) atoms. The van der Waals surface area contributed by atoms with Gasteiger partial charge >= 0.3 is 0 Å². The third-order valence-electron chi connectivity index (χ3n) is 4.79. The molecule has 0 N–H and O–H groups in total. The molecule has 3 heteroatoms. The van der Waals surface area contributed by atoms with Gasteiger partial charge in [0, 0.05) is 25.7 Å². The van der Waals surface area contributed by atoms with Gasteiger partial charge in [0.1, 0.15) is 0 Å². The predicted octanol–water partition coefficient (Wildman–Crippen LogP) is 2.33. The maximum absolute atomic E-state index is 8.85. The number of likely N-dealkylation sites (N-methyl/N-ethyl adjacent to an activating group) is 1. The van der Waals surface area contributed by atoms with Crippen molar-refractivity contribution in [3.05, 3.63) is 35.4 Å². The number of hydrogen-bond donors (Lipinski definition) is 0. The maximum atomic E-state index is 8.85. The van der Waals surface area contributed by atoms with Crippen molar-refractivity contribution in [1.29, 1.82) is 5.26 Å². The van der Waals surface area contributed by atoms with Gasteiger partial charge in [-0.25, -0.2) is 0 Å². The Hall–Kier alpha value is -1.37. The van der Waals surface area contributed by atoms with Gasteiger partial charge in [-0.1, -0.05) is 12.1 Å². The number of likely N-dealkylation sites (tertiary alicyclic amines) is 1. The Bertz CT molecular complexity index is 486. The number of hydrogen-bond acceptors (Lipinski definition) is 3. The second kappa shape index (κ2) is 5.55. The van der Waals surface area contributed by atoms with Gasteiger partial charge in [0.25, 0.3) is 0 Å². The lowest BCUT2D eigenvalue weighted by atomic mass is 9.97. The van der Waals surface area contributed by atoms with Gasteiger partial charge < -0.3 is 4.90 Å². The molecule has 1 aromatic carbocycles. The van der Waals surface area contributed by atoms with E-state index >= 15 is 0 Å². The summed E-state index contributed by atoms with van der Waals surface area (Å²) < 4.78 is 0. The molecule has 1 saturated heterocycles. The molecule has 0 amide bonds. The van der Waals surface area contributed by atoms with E-state index in [0.29, 0.717) is 6.04 Å². The van der Waals surface area contributed by atoms with Crippen LogP contribution in [0, 0.1) is 23.2 Å². The van der Waals surface area contributed by atoms with Crippen molar-refractivity contribution in [2.45, 2.75) is 25.4 Å². The number of rotatable bonds is 4. The molecule has 2 fully saturated rings. The minimum absolute atomic E-state index is 0.709. The third-order valence-corrected chi connectivity index (χ3v) is 4.79. The number of nitrogens with zero attached hydrogens (tertiary/aromatic N) is 3. The van der Waals surface area contributed by atoms with Crippen molar-refractivity contribution in [2.24, 2.45) is 11.8 Å². The van der Waals surface area contributed by atoms with E-state index in [9.17, 15) is 0 Å². The van der Waals surface area contributed by atoms with Crippen LogP contribution in [-0.2, 0) is 6.54 Å². The van der Waals surface area contributed by atoms with E-state index in [-0.39, 0.29) is 0 Å². The van der Waals surface area contributed by atoms with Crippen LogP contribution in [0.4, 0.5) is 0 Å². The largest absolute Gasteiger partial charge is 0.305 e. The SMILES string of the molecule is CN(C)[C@@H]1CN(Cc2ccc(C#N)cc2)C[C@H]1C1CC1. The summed E-state index contributed by atoms with van der Waals surface area (Å²) in [6, 6.07) is 10.9. The van der Waals surface area contributed by atoms with E-state index in [4.69, 9.17) is 5.26 Å². The van der Waals surface area contributed by atoms with Gasteiger partial charge in [-0.15, -0.1) is 0 Å². The molecule has 0 spiro atoms. The molecule has 2 aliphatic rings. The van der Waals surface area contributed by atoms with Crippen LogP contribution in [0.3, 0.4) is 0 Å². The molecule has 0 aromatic heterocycles. The molecule has 1 heterocycles. The van der Waals surface area contributed by atoms with E-state index < -0.39 is 0 Å². The Labute approximate surface area is 121 Å². The van der Waals surface area contributed by atoms with Crippen molar-refractivity contribution in [3.8, 4) is 6.07 Å². The fourth-order valence-corrected chi connectivity index (χ4v) is 3.50. The van der Waals surface area contributed by atoms with Crippen LogP contribution in [0.2, 0.25) is 0 Å². The van der Waals surface area contributed by atoms with Crippen LogP contribution in [0.15, 0.2) is 24.3 Å². The zero-order chi connectivity index (χ0) is 14.1. The van der Waals surface area contributed by atoms with Crippen LogP contribution in [-0.4, -0.2) is 43.0 Å². The van der Waals surface area contributed by atoms with Crippen LogP contribution < -0.4 is 0 Å². The molecule has 1 aliphatic carbocycles. The fourth-order valence-electron chi connectivity index (χ4n) is 3.50. The Balaban J connectivity index is 1.64. The summed E-state index contributed by atoms with van der Waals surface area (Å²) >= 11 is 0. The second-order valence-electron chi connectivity index (χ2n) is 6.54. The van der Waals surface area contributed by atoms with Crippen molar-refractivity contribution >= 4 is 0 Å². The van der Waals surface area contributed by atoms with E-state index in [1.165, 1.54) is 31.5 Å². The zero-order valence-electron chi connectivity index (χ0n) is 12.4. The molecule has 3 nitrogen and oxygen atoms in total. The number of benzene rings is 1. The van der Waals surface area contributed by atoms with Gasteiger partial charge in [-0.05, 0) is 56.5 Å². The van der Waals surface area contributed by atoms with Gasteiger partial charge in [0.15, 0.2) is 0 Å². The molecular weight excluding hydrogens is 246 g/mol. The molecular formula is C17H23N3. The highest BCUT2D eigenvalue weighted by atomic mass is 15.2. The molecule has 2 atom stereocenters. The first kappa shape index (κ1) is 13.6. The first-order chi connectivity index (χ1) is 9.67. The van der Waals surface area contributed by atoms with Crippen LogP contribution in [0.1, 0.15) is 24.0 Å². The lowest BCUT2D eigenvalue weighted by Crippen LogP contribution is -2.36. The van der Waals surface area contributed by atoms with Gasteiger partial charge in [-0.2, -0.15) is 5.26 Å². The van der Waals surface area contributed by atoms with Crippen molar-refractivity contribution in [3.63, 3.8) is 0 Å². The van der Waals surface area contributed by atoms with Crippen LogP contribution in [0.5, 0.6) is 0 Å². The summed E-state index contributed by atoms with van der Waals surface area (Å²) in [7, 11) is 4.43. The van der Waals surface area contributed by atoms with Gasteiger partial charge in [0.05, 0.1) is 11.6 Å². The molecule has 1 aliphatic heterocycles. The molecule has 1 saturated carbocycles. The van der Waals surface area contributed by atoms with E-state index in [2.05, 4.69) is 42.1 Å². The monoisotopic (exact) mass is 269 g/mol. The Kier molecular flexibility index (Phi) is 3.78. The summed E-state index contributed by atoms with van der Waals surface area (Å²) in [5.74, 6) is 1.82. The fraction of sp³-hybridized carbons (Fsp3) is 0.588. The molecule has 3 rings (SSSR count). The van der Waals surface area contributed by atoms with E-state index in [0.717, 1.165) is 23.9 Å². The predicted molar refractivity (Wildman–Crippen MR) is 80.1 cm³/mol. The zero-order valence-corrected chi connectivity index (χ0v) is 12.4. The van der Waals surface area contributed by atoms with E-state index in [1.807, 2.05) is 12.1 Å². The number of nitriles is 1. The lowest BCUT2D eigenvalue weighted by Gasteiger charge is -2.25. The molecule has 0 bridgehead atoms. The maximum Gasteiger partial charge on any atom is 0.0991 e. The van der Waals surface area contributed by atoms with Crippen LogP contribution in [0.25, 0.3) is 0 Å². The smallest absolute Gasteiger partial charge is 0.0991 e. The van der Waals surface area contributed by atoms with Crippen molar-refractivity contribution in [1.82, 2.24) is 9.80 Å². The Morgan fingerprint density at radius 3 is 2.45 bits per heavy atom. The summed E-state index contributed by atoms with van der Waals surface area (Å²) in [5, 5.41) is 8.85. The molecule has 0 radical (unpaired) electrons. The second-order valence-corrected chi connectivity index (χ2v) is 6.54. The third kappa shape index (κ3) is 2.87. The summed E-state index contributed by atoms with van der Waals surface area (Å²) in [4.78, 5) is 4.98. The average molecular weight is 269 g/mol. The normalized spacial score (nSPS) is 26.9. The summed E-state index contributed by atoms with van der Waals surface area (Å²) in [5.41, 5.74) is 2.06. The standard InChI is InChI=1S/C17H23N3/c1-19(2)17-12-20(11-16(17)15-7-8-15)10-14-5-3-13(9-18)4-6-14/h3-6,15-17H,7-8,10-12H2,1-2H3/t16-,17+/m0/s1. The van der Waals surface area contributed by atoms with Crippen molar-refractivity contribution < 1.29 is 0 Å². The molecule has 106 valence electrons. The van der Waals surface area contributed by atoms with Crippen LogP contribution >= 0.6 is 0 Å². The minimum Gasteiger partial charge on any atom is -0.305 e. The summed E-state index contributed by atoms with van der Waals surface area (Å²) in [6.07, 6.45) is 2.86. The Morgan fingerprint density at radius 2 is 1.90 bits per heavy atom. The summed E-state index contributed by atoms with van der Waals surface area (Å²) in [6.45, 7) is 3.42. The Morgan fingerprint density at radius 1 is 1.20 bits per heavy atom. The van der Waals surface area contributed by atoms with Gasteiger partial charge in [0.2, 0.25) is 0 Å². The first-order valence-electron chi connectivity index (χ1n) is 7.55. The van der Waals surface area contributed by atoms with Gasteiger partial charge in [-0.3, -0.25) is 4.90 Å². The average Bonchev–Trinajstić information content (AvgIpc) is 3.21. The first-order valence-corrected chi connectivity index (χ1v) is 7.55. The highest BCUT2D eigenvalue weighted by molar-refractivity contribution is 5.31. The highest BCUT2D eigenvalue weighted by Crippen LogP contribution is 2.42. The molecule has 0 unspecified atom stereocenters. The quantitative estimate of drug-likeness (QED) is 0.840.